The molecule has 0 bridgehead atoms. The van der Waals surface area contributed by atoms with Crippen molar-refractivity contribution < 1.29 is 0 Å². The molecule has 0 spiro atoms. The average molecular weight is 642 g/mol. The lowest BCUT2D eigenvalue weighted by molar-refractivity contribution is 1.07. The maximum Gasteiger partial charge on any atom is 0.164 e. The summed E-state index contributed by atoms with van der Waals surface area (Å²) in [5, 5.41) is 10.1. The molecule has 0 aliphatic heterocycles. The number of nitrogens with zero attached hydrogens (tertiary/aromatic N) is 3. The molecular formula is C45H27N3S. The van der Waals surface area contributed by atoms with E-state index in [0.717, 1.165) is 27.6 Å². The van der Waals surface area contributed by atoms with Crippen molar-refractivity contribution in [2.24, 2.45) is 0 Å². The van der Waals surface area contributed by atoms with Crippen molar-refractivity contribution >= 4 is 63.8 Å². The molecule has 10 aromatic rings. The first-order valence-electron chi connectivity index (χ1n) is 16.4. The molecule has 3 nitrogen and oxygen atoms in total. The van der Waals surface area contributed by atoms with Crippen LogP contribution in [0.4, 0.5) is 0 Å². The number of hydrogen-bond acceptors (Lipinski definition) is 4. The molecule has 0 saturated carbocycles. The van der Waals surface area contributed by atoms with Crippen molar-refractivity contribution in [2.75, 3.05) is 0 Å². The Labute approximate surface area is 286 Å². The quantitative estimate of drug-likeness (QED) is 0.180. The number of benzene rings is 8. The third kappa shape index (κ3) is 4.76. The van der Waals surface area contributed by atoms with E-state index >= 15 is 0 Å². The van der Waals surface area contributed by atoms with Crippen LogP contribution in [0.1, 0.15) is 0 Å². The van der Waals surface area contributed by atoms with E-state index in [2.05, 4.69) is 127 Å². The Hall–Kier alpha value is -6.23. The Morgan fingerprint density at radius 2 is 0.837 bits per heavy atom. The normalized spacial score (nSPS) is 11.7. The summed E-state index contributed by atoms with van der Waals surface area (Å²) < 4.78 is 2.65. The van der Waals surface area contributed by atoms with Crippen molar-refractivity contribution in [1.29, 1.82) is 0 Å². The van der Waals surface area contributed by atoms with Gasteiger partial charge in [0, 0.05) is 36.9 Å². The van der Waals surface area contributed by atoms with Gasteiger partial charge in [0.25, 0.3) is 0 Å². The number of hydrogen-bond donors (Lipinski definition) is 0. The van der Waals surface area contributed by atoms with Gasteiger partial charge in [-0.15, -0.1) is 11.3 Å². The highest BCUT2D eigenvalue weighted by Gasteiger charge is 2.15. The van der Waals surface area contributed by atoms with Crippen LogP contribution in [0.5, 0.6) is 0 Å². The molecule has 10 rings (SSSR count). The van der Waals surface area contributed by atoms with Crippen LogP contribution in [0.15, 0.2) is 164 Å². The fourth-order valence-corrected chi connectivity index (χ4v) is 8.18. The van der Waals surface area contributed by atoms with Gasteiger partial charge in [0.05, 0.1) is 0 Å². The standard InChI is InChI=1S/C45H27N3S/c1-3-9-28(10-4-1)29-15-19-32(20-16-29)44-46-43(31-11-5-2-6-12-31)47-45(48-44)35-23-24-36-33(25-35)21-17-30-18-22-34-26-41-39(27-38(34)42(30)36)37-13-7-8-14-40(37)49-41/h1-27H. The smallest absolute Gasteiger partial charge is 0.164 e. The summed E-state index contributed by atoms with van der Waals surface area (Å²) in [7, 11) is 0. The second-order valence-electron chi connectivity index (χ2n) is 12.4. The van der Waals surface area contributed by atoms with Crippen LogP contribution in [-0.2, 0) is 0 Å². The summed E-state index contributed by atoms with van der Waals surface area (Å²) in [5.74, 6) is 1.96. The first-order chi connectivity index (χ1) is 24.2. The molecule has 2 aromatic heterocycles. The van der Waals surface area contributed by atoms with Gasteiger partial charge in [-0.05, 0) is 67.7 Å². The highest BCUT2D eigenvalue weighted by atomic mass is 32.1. The molecule has 49 heavy (non-hydrogen) atoms. The van der Waals surface area contributed by atoms with E-state index in [1.165, 1.54) is 52.7 Å². The molecular weight excluding hydrogens is 615 g/mol. The molecule has 0 N–H and O–H groups in total. The number of aromatic nitrogens is 3. The zero-order valence-corrected chi connectivity index (χ0v) is 27.2. The van der Waals surface area contributed by atoms with E-state index in [1.54, 1.807) is 0 Å². The molecule has 0 aliphatic rings. The first kappa shape index (κ1) is 27.8. The fourth-order valence-electron chi connectivity index (χ4n) is 7.04. The van der Waals surface area contributed by atoms with Gasteiger partial charge in [-0.3, -0.25) is 0 Å². The summed E-state index contributed by atoms with van der Waals surface area (Å²) in [4.78, 5) is 15.0. The largest absolute Gasteiger partial charge is 0.208 e. The van der Waals surface area contributed by atoms with Crippen LogP contribution in [0, 0.1) is 0 Å². The van der Waals surface area contributed by atoms with E-state index in [0.29, 0.717) is 17.5 Å². The van der Waals surface area contributed by atoms with Gasteiger partial charge in [0.15, 0.2) is 17.5 Å². The monoisotopic (exact) mass is 641 g/mol. The van der Waals surface area contributed by atoms with E-state index in [9.17, 15) is 0 Å². The minimum Gasteiger partial charge on any atom is -0.208 e. The molecule has 0 fully saturated rings. The minimum absolute atomic E-state index is 0.653. The van der Waals surface area contributed by atoms with Crippen LogP contribution < -0.4 is 0 Å². The molecule has 2 heterocycles. The van der Waals surface area contributed by atoms with Crippen LogP contribution in [0.2, 0.25) is 0 Å². The SMILES string of the molecule is c1ccc(-c2ccc(-c3nc(-c4ccccc4)nc(-c4ccc5c(ccc6ccc7cc8sc9ccccc9c8cc7c65)c4)n3)cc2)cc1. The Morgan fingerprint density at radius 1 is 0.306 bits per heavy atom. The van der Waals surface area contributed by atoms with Gasteiger partial charge in [-0.2, -0.15) is 0 Å². The molecule has 0 aliphatic carbocycles. The van der Waals surface area contributed by atoms with E-state index in [-0.39, 0.29) is 0 Å². The van der Waals surface area contributed by atoms with Gasteiger partial charge in [0.2, 0.25) is 0 Å². The third-order valence-electron chi connectivity index (χ3n) is 9.49. The zero-order valence-electron chi connectivity index (χ0n) is 26.3. The van der Waals surface area contributed by atoms with Gasteiger partial charge in [-0.1, -0.05) is 140 Å². The van der Waals surface area contributed by atoms with Crippen molar-refractivity contribution in [2.45, 2.75) is 0 Å². The maximum absolute atomic E-state index is 5.06. The summed E-state index contributed by atoms with van der Waals surface area (Å²) in [6.45, 7) is 0. The first-order valence-corrected chi connectivity index (χ1v) is 17.3. The highest BCUT2D eigenvalue weighted by Crippen LogP contribution is 2.40. The van der Waals surface area contributed by atoms with Gasteiger partial charge in [0.1, 0.15) is 0 Å². The summed E-state index contributed by atoms with van der Waals surface area (Å²) >= 11 is 1.86. The molecule has 0 atom stereocenters. The highest BCUT2D eigenvalue weighted by molar-refractivity contribution is 7.25. The maximum atomic E-state index is 5.06. The minimum atomic E-state index is 0.653. The lowest BCUT2D eigenvalue weighted by Gasteiger charge is -2.11. The number of rotatable bonds is 4. The lowest BCUT2D eigenvalue weighted by atomic mass is 9.94. The molecule has 8 aromatic carbocycles. The summed E-state index contributed by atoms with van der Waals surface area (Å²) in [6, 6.07) is 58.1. The lowest BCUT2D eigenvalue weighted by Crippen LogP contribution is -2.00. The molecule has 228 valence electrons. The Bertz CT molecular complexity index is 2860. The van der Waals surface area contributed by atoms with Crippen molar-refractivity contribution in [3.05, 3.63) is 164 Å². The van der Waals surface area contributed by atoms with Gasteiger partial charge < -0.3 is 0 Å². The van der Waals surface area contributed by atoms with Gasteiger partial charge >= 0.3 is 0 Å². The van der Waals surface area contributed by atoms with Crippen LogP contribution >= 0.6 is 11.3 Å². The van der Waals surface area contributed by atoms with Crippen LogP contribution in [-0.4, -0.2) is 15.0 Å². The molecule has 4 heteroatoms. The predicted octanol–water partition coefficient (Wildman–Crippen LogP) is 12.4. The molecule has 0 radical (unpaired) electrons. The van der Waals surface area contributed by atoms with Gasteiger partial charge in [-0.25, -0.2) is 15.0 Å². The van der Waals surface area contributed by atoms with Crippen molar-refractivity contribution in [3.63, 3.8) is 0 Å². The number of thiophene rings is 1. The van der Waals surface area contributed by atoms with E-state index < -0.39 is 0 Å². The molecule has 0 unspecified atom stereocenters. The summed E-state index contributed by atoms with van der Waals surface area (Å²) in [6.07, 6.45) is 0. The summed E-state index contributed by atoms with van der Waals surface area (Å²) in [5.41, 5.74) is 5.20. The Kier molecular flexibility index (Phi) is 6.36. The second kappa shape index (κ2) is 11.2. The van der Waals surface area contributed by atoms with Crippen molar-refractivity contribution in [1.82, 2.24) is 15.0 Å². The Morgan fingerprint density at radius 3 is 1.57 bits per heavy atom. The third-order valence-corrected chi connectivity index (χ3v) is 10.6. The molecule has 0 saturated heterocycles. The van der Waals surface area contributed by atoms with Crippen molar-refractivity contribution in [3.8, 4) is 45.3 Å². The zero-order chi connectivity index (χ0) is 32.3. The van der Waals surface area contributed by atoms with E-state index in [1.807, 2.05) is 47.7 Å². The second-order valence-corrected chi connectivity index (χ2v) is 13.5. The predicted molar refractivity (Wildman–Crippen MR) is 207 cm³/mol. The fraction of sp³-hybridized carbons (Fsp3) is 0. The van der Waals surface area contributed by atoms with Crippen LogP contribution in [0.3, 0.4) is 0 Å². The Balaban J connectivity index is 1.13. The average Bonchev–Trinajstić information content (AvgIpc) is 3.54. The van der Waals surface area contributed by atoms with Crippen LogP contribution in [0.25, 0.3) is 97.8 Å². The topological polar surface area (TPSA) is 38.7 Å². The number of fused-ring (bicyclic) bond motifs is 8. The molecule has 0 amide bonds. The van der Waals surface area contributed by atoms with E-state index in [4.69, 9.17) is 15.0 Å².